The van der Waals surface area contributed by atoms with Crippen LogP contribution in [0.3, 0.4) is 0 Å². The maximum Gasteiger partial charge on any atom is 0.138 e. The Balaban J connectivity index is 3.08. The van der Waals surface area contributed by atoms with Gasteiger partial charge < -0.3 is 0 Å². The van der Waals surface area contributed by atoms with E-state index < -0.39 is 0 Å². The monoisotopic (exact) mass is 247 g/mol. The van der Waals surface area contributed by atoms with E-state index in [1.165, 1.54) is 0 Å². The third kappa shape index (κ3) is 2.13. The second kappa shape index (κ2) is 4.01. The van der Waals surface area contributed by atoms with Crippen LogP contribution in [0.15, 0.2) is 27.6 Å². The summed E-state index contributed by atoms with van der Waals surface area (Å²) in [6.07, 6.45) is 0. The zero-order valence-electron chi connectivity index (χ0n) is 5.34. The lowest BCUT2D eigenvalue weighted by molar-refractivity contribution is 1.44. The summed E-state index contributed by atoms with van der Waals surface area (Å²) in [5, 5.41) is 10.9. The Labute approximate surface area is 82.5 Å². The zero-order chi connectivity index (χ0) is 8.27. The minimum absolute atomic E-state index is 0.596. The number of thioether (sulfide) groups is 1. The standard InChI is InChI=1S/C7H3BrClNS/c8-5-2-1-3-6(7(5)9)11-4-10/h1-3H. The average molecular weight is 249 g/mol. The molecular formula is C7H3BrClNS. The Morgan fingerprint density at radius 3 is 2.91 bits per heavy atom. The van der Waals surface area contributed by atoms with E-state index in [2.05, 4.69) is 15.9 Å². The number of halogens is 2. The molecule has 0 atom stereocenters. The van der Waals surface area contributed by atoms with Gasteiger partial charge >= 0.3 is 0 Å². The van der Waals surface area contributed by atoms with Crippen molar-refractivity contribution in [2.45, 2.75) is 4.90 Å². The van der Waals surface area contributed by atoms with Crippen molar-refractivity contribution >= 4 is 39.3 Å². The van der Waals surface area contributed by atoms with Crippen LogP contribution in [0.4, 0.5) is 0 Å². The molecule has 0 saturated heterocycles. The van der Waals surface area contributed by atoms with Crippen LogP contribution in [0.5, 0.6) is 0 Å². The molecule has 0 amide bonds. The van der Waals surface area contributed by atoms with E-state index in [1.807, 2.05) is 17.5 Å². The molecule has 1 aromatic carbocycles. The van der Waals surface area contributed by atoms with Crippen LogP contribution in [0, 0.1) is 10.7 Å². The van der Waals surface area contributed by atoms with Crippen LogP contribution >= 0.6 is 39.3 Å². The molecule has 1 nitrogen and oxygen atoms in total. The summed E-state index contributed by atoms with van der Waals surface area (Å²) in [6.45, 7) is 0. The molecule has 1 rings (SSSR count). The van der Waals surface area contributed by atoms with Gasteiger partial charge in [0.05, 0.1) is 5.02 Å². The lowest BCUT2D eigenvalue weighted by atomic mass is 10.4. The molecule has 11 heavy (non-hydrogen) atoms. The van der Waals surface area contributed by atoms with Crippen LogP contribution in [0.1, 0.15) is 0 Å². The Bertz CT molecular complexity index is 308. The van der Waals surface area contributed by atoms with Crippen LogP contribution < -0.4 is 0 Å². The molecule has 0 unspecified atom stereocenters. The zero-order valence-corrected chi connectivity index (χ0v) is 8.50. The summed E-state index contributed by atoms with van der Waals surface area (Å²) in [5.41, 5.74) is 0. The summed E-state index contributed by atoms with van der Waals surface area (Å²) >= 11 is 10.2. The Hall–Kier alpha value is -0.170. The van der Waals surface area contributed by atoms with Gasteiger partial charge in [-0.15, -0.1) is 0 Å². The van der Waals surface area contributed by atoms with Gasteiger partial charge in [0.2, 0.25) is 0 Å². The molecule has 4 heteroatoms. The summed E-state index contributed by atoms with van der Waals surface area (Å²) in [5.74, 6) is 0. The Morgan fingerprint density at radius 2 is 2.27 bits per heavy atom. The van der Waals surface area contributed by atoms with Gasteiger partial charge in [-0.1, -0.05) is 17.7 Å². The maximum atomic E-state index is 8.37. The van der Waals surface area contributed by atoms with Crippen molar-refractivity contribution in [2.24, 2.45) is 0 Å². The highest BCUT2D eigenvalue weighted by Gasteiger charge is 2.02. The molecule has 0 aliphatic rings. The van der Waals surface area contributed by atoms with E-state index in [1.54, 1.807) is 6.07 Å². The van der Waals surface area contributed by atoms with E-state index >= 15 is 0 Å². The molecule has 0 aliphatic carbocycles. The largest absolute Gasteiger partial charge is 0.185 e. The van der Waals surface area contributed by atoms with Crippen LogP contribution in [-0.4, -0.2) is 0 Å². The summed E-state index contributed by atoms with van der Waals surface area (Å²) in [4.78, 5) is 0.781. The van der Waals surface area contributed by atoms with Crippen LogP contribution in [-0.2, 0) is 0 Å². The number of hydrogen-bond acceptors (Lipinski definition) is 2. The molecule has 56 valence electrons. The number of nitrogens with zero attached hydrogens (tertiary/aromatic N) is 1. The molecule has 0 fully saturated rings. The lowest BCUT2D eigenvalue weighted by Crippen LogP contribution is -1.72. The highest BCUT2D eigenvalue weighted by atomic mass is 79.9. The van der Waals surface area contributed by atoms with Crippen molar-refractivity contribution in [2.75, 3.05) is 0 Å². The van der Waals surface area contributed by atoms with E-state index in [0.29, 0.717) is 5.02 Å². The quantitative estimate of drug-likeness (QED) is 0.559. The molecule has 1 aromatic rings. The predicted octanol–water partition coefficient (Wildman–Crippen LogP) is 3.68. The fourth-order valence-electron chi connectivity index (χ4n) is 0.612. The first-order valence-corrected chi connectivity index (χ1v) is 4.74. The molecular weight excluding hydrogens is 246 g/mol. The van der Waals surface area contributed by atoms with Crippen LogP contribution in [0.2, 0.25) is 5.02 Å². The van der Waals surface area contributed by atoms with Crippen molar-refractivity contribution in [3.05, 3.63) is 27.7 Å². The van der Waals surface area contributed by atoms with Gasteiger partial charge in [-0.25, -0.2) is 0 Å². The van der Waals surface area contributed by atoms with Crippen molar-refractivity contribution in [1.29, 1.82) is 5.26 Å². The third-order valence-corrected chi connectivity index (χ3v) is 3.13. The molecule has 0 heterocycles. The van der Waals surface area contributed by atoms with E-state index in [4.69, 9.17) is 16.9 Å². The molecule has 0 N–H and O–H groups in total. The van der Waals surface area contributed by atoms with Gasteiger partial charge in [0.1, 0.15) is 5.40 Å². The number of thiocyanates is 1. The first kappa shape index (κ1) is 8.92. The highest BCUT2D eigenvalue weighted by molar-refractivity contribution is 9.10. The maximum absolute atomic E-state index is 8.37. The fraction of sp³-hybridized carbons (Fsp3) is 0. The summed E-state index contributed by atoms with van der Waals surface area (Å²) in [6, 6.07) is 5.49. The highest BCUT2D eigenvalue weighted by Crippen LogP contribution is 2.32. The average Bonchev–Trinajstić information content (AvgIpc) is 1.99. The van der Waals surface area contributed by atoms with Crippen molar-refractivity contribution < 1.29 is 0 Å². The van der Waals surface area contributed by atoms with Gasteiger partial charge in [0.15, 0.2) is 0 Å². The van der Waals surface area contributed by atoms with Crippen molar-refractivity contribution in [3.63, 3.8) is 0 Å². The molecule has 0 aliphatic heterocycles. The Kier molecular flexibility index (Phi) is 3.25. The van der Waals surface area contributed by atoms with Crippen molar-refractivity contribution in [1.82, 2.24) is 0 Å². The SMILES string of the molecule is N#CSc1cccc(Br)c1Cl. The van der Waals surface area contributed by atoms with Crippen LogP contribution in [0.25, 0.3) is 0 Å². The number of benzene rings is 1. The van der Waals surface area contributed by atoms with E-state index in [0.717, 1.165) is 21.1 Å². The fourth-order valence-corrected chi connectivity index (χ4v) is 1.80. The summed E-state index contributed by atoms with van der Waals surface area (Å²) < 4.78 is 0.819. The number of rotatable bonds is 1. The normalized spacial score (nSPS) is 9.18. The van der Waals surface area contributed by atoms with Gasteiger partial charge in [0, 0.05) is 9.37 Å². The first-order chi connectivity index (χ1) is 5.25. The second-order valence-corrected chi connectivity index (χ2v) is 3.80. The van der Waals surface area contributed by atoms with Gasteiger partial charge in [-0.3, -0.25) is 0 Å². The number of nitriles is 1. The molecule has 0 saturated carbocycles. The molecule has 0 aromatic heterocycles. The molecule has 0 spiro atoms. The van der Waals surface area contributed by atoms with Gasteiger partial charge in [0.25, 0.3) is 0 Å². The second-order valence-electron chi connectivity index (χ2n) is 1.75. The third-order valence-electron chi connectivity index (χ3n) is 1.07. The topological polar surface area (TPSA) is 23.8 Å². The van der Waals surface area contributed by atoms with Gasteiger partial charge in [-0.2, -0.15) is 5.26 Å². The molecule has 0 bridgehead atoms. The summed E-state index contributed by atoms with van der Waals surface area (Å²) in [7, 11) is 0. The van der Waals surface area contributed by atoms with Crippen molar-refractivity contribution in [3.8, 4) is 5.40 Å². The first-order valence-electron chi connectivity index (χ1n) is 2.75. The van der Waals surface area contributed by atoms with Gasteiger partial charge in [-0.05, 0) is 39.8 Å². The minimum Gasteiger partial charge on any atom is -0.185 e. The predicted molar refractivity (Wildman–Crippen MR) is 50.6 cm³/mol. The molecule has 0 radical (unpaired) electrons. The Morgan fingerprint density at radius 1 is 1.55 bits per heavy atom. The smallest absolute Gasteiger partial charge is 0.138 e. The van der Waals surface area contributed by atoms with E-state index in [-0.39, 0.29) is 0 Å². The lowest BCUT2D eigenvalue weighted by Gasteiger charge is -1.98. The minimum atomic E-state index is 0.596. The van der Waals surface area contributed by atoms with E-state index in [9.17, 15) is 0 Å². The number of hydrogen-bond donors (Lipinski definition) is 0.